The van der Waals surface area contributed by atoms with Gasteiger partial charge >= 0.3 is 11.9 Å². The number of carbonyl (C=O) groups is 2. The molecule has 0 amide bonds. The molecule has 0 spiro atoms. The highest BCUT2D eigenvalue weighted by Gasteiger charge is 2.16. The van der Waals surface area contributed by atoms with E-state index in [1.807, 2.05) is 0 Å². The van der Waals surface area contributed by atoms with Gasteiger partial charge in [0.1, 0.15) is 17.2 Å². The van der Waals surface area contributed by atoms with Crippen LogP contribution >= 0.6 is 0 Å². The average Bonchev–Trinajstić information content (AvgIpc) is 2.46. The fourth-order valence-corrected chi connectivity index (χ4v) is 2.05. The van der Waals surface area contributed by atoms with Crippen molar-refractivity contribution in [2.75, 3.05) is 0 Å². The predicted octanol–water partition coefficient (Wildman–Crippen LogP) is 2.89. The molecule has 0 radical (unpaired) electrons. The number of benzene rings is 2. The van der Waals surface area contributed by atoms with Crippen LogP contribution in [-0.4, -0.2) is 17.0 Å². The van der Waals surface area contributed by atoms with Crippen LogP contribution in [0.3, 0.4) is 0 Å². The van der Waals surface area contributed by atoms with Crippen molar-refractivity contribution in [2.24, 2.45) is 0 Å². The van der Waals surface area contributed by atoms with E-state index in [1.165, 1.54) is 26.0 Å². The quantitative estimate of drug-likeness (QED) is 0.536. The topological polar surface area (TPSA) is 72.8 Å². The van der Waals surface area contributed by atoms with Crippen LogP contribution in [-0.2, 0) is 9.59 Å². The number of esters is 2. The molecule has 23 heavy (non-hydrogen) atoms. The van der Waals surface area contributed by atoms with E-state index in [2.05, 4.69) is 5.92 Å². The summed E-state index contributed by atoms with van der Waals surface area (Å²) < 4.78 is 10.3. The first-order valence-corrected chi connectivity index (χ1v) is 6.71. The number of rotatable bonds is 3. The second-order valence-corrected chi connectivity index (χ2v) is 4.72. The largest absolute Gasteiger partial charge is 0.508 e. The summed E-state index contributed by atoms with van der Waals surface area (Å²) in [6.45, 7) is 2.53. The Hall–Kier alpha value is -3.26. The Morgan fingerprint density at radius 1 is 0.957 bits per heavy atom. The smallest absolute Gasteiger partial charge is 0.308 e. The van der Waals surface area contributed by atoms with Gasteiger partial charge in [0.2, 0.25) is 0 Å². The second kappa shape index (κ2) is 6.67. The molecule has 5 nitrogen and oxygen atoms in total. The fraction of sp³-hybridized carbons (Fsp3) is 0.111. The van der Waals surface area contributed by atoms with Crippen LogP contribution in [0, 0.1) is 12.3 Å². The van der Waals surface area contributed by atoms with Gasteiger partial charge in [0.25, 0.3) is 0 Å². The third-order valence-electron chi connectivity index (χ3n) is 2.91. The molecule has 5 heteroatoms. The normalized spacial score (nSPS) is 9.78. The Bertz CT molecular complexity index is 815. The number of aromatic hydroxyl groups is 1. The number of hydrogen-bond acceptors (Lipinski definition) is 5. The van der Waals surface area contributed by atoms with Crippen LogP contribution in [0.15, 0.2) is 36.4 Å². The van der Waals surface area contributed by atoms with Crippen LogP contribution in [0.2, 0.25) is 0 Å². The molecule has 116 valence electrons. The van der Waals surface area contributed by atoms with Gasteiger partial charge in [-0.05, 0) is 30.3 Å². The number of hydrogen-bond donors (Lipinski definition) is 1. The van der Waals surface area contributed by atoms with Gasteiger partial charge in [0, 0.05) is 36.6 Å². The van der Waals surface area contributed by atoms with Gasteiger partial charge in [-0.1, -0.05) is 5.92 Å². The lowest BCUT2D eigenvalue weighted by Gasteiger charge is -2.13. The number of phenolic OH excluding ortho intramolecular Hbond substituents is 1. The molecule has 1 N–H and O–H groups in total. The van der Waals surface area contributed by atoms with E-state index in [0.29, 0.717) is 16.7 Å². The second-order valence-electron chi connectivity index (χ2n) is 4.72. The van der Waals surface area contributed by atoms with Crippen LogP contribution in [0.1, 0.15) is 19.4 Å². The van der Waals surface area contributed by atoms with Gasteiger partial charge in [0.05, 0.1) is 0 Å². The first-order valence-electron chi connectivity index (χ1n) is 6.71. The highest BCUT2D eigenvalue weighted by Crippen LogP contribution is 2.39. The van der Waals surface area contributed by atoms with Crippen molar-refractivity contribution >= 4 is 11.9 Å². The third kappa shape index (κ3) is 3.89. The van der Waals surface area contributed by atoms with Gasteiger partial charge < -0.3 is 14.6 Å². The summed E-state index contributed by atoms with van der Waals surface area (Å²) in [6.07, 6.45) is 5.36. The van der Waals surface area contributed by atoms with E-state index in [0.717, 1.165) is 0 Å². The summed E-state index contributed by atoms with van der Waals surface area (Å²) in [7, 11) is 0. The molecule has 0 unspecified atom stereocenters. The van der Waals surface area contributed by atoms with E-state index in [1.54, 1.807) is 24.3 Å². The molecule has 0 aliphatic rings. The molecule has 2 rings (SSSR count). The predicted molar refractivity (Wildman–Crippen MR) is 84.1 cm³/mol. The lowest BCUT2D eigenvalue weighted by molar-refractivity contribution is -0.132. The molecule has 0 aliphatic carbocycles. The van der Waals surface area contributed by atoms with Gasteiger partial charge in [-0.25, -0.2) is 0 Å². The molecule has 0 bridgehead atoms. The van der Waals surface area contributed by atoms with Crippen LogP contribution in [0.25, 0.3) is 11.1 Å². The molecule has 0 atom stereocenters. The lowest BCUT2D eigenvalue weighted by atomic mass is 10.0. The van der Waals surface area contributed by atoms with Gasteiger partial charge in [0.15, 0.2) is 0 Å². The van der Waals surface area contributed by atoms with Crippen molar-refractivity contribution in [1.82, 2.24) is 0 Å². The average molecular weight is 310 g/mol. The summed E-state index contributed by atoms with van der Waals surface area (Å²) in [5, 5.41) is 9.59. The van der Waals surface area contributed by atoms with Crippen LogP contribution in [0.4, 0.5) is 0 Å². The van der Waals surface area contributed by atoms with Crippen molar-refractivity contribution in [3.05, 3.63) is 42.0 Å². The Labute approximate surface area is 133 Å². The molecule has 0 saturated carbocycles. The molecule has 0 fully saturated rings. The highest BCUT2D eigenvalue weighted by atomic mass is 16.5. The lowest BCUT2D eigenvalue weighted by Crippen LogP contribution is -2.05. The number of phenols is 1. The van der Waals surface area contributed by atoms with Crippen molar-refractivity contribution in [3.8, 4) is 40.7 Å². The van der Waals surface area contributed by atoms with Crippen LogP contribution < -0.4 is 9.47 Å². The van der Waals surface area contributed by atoms with E-state index >= 15 is 0 Å². The minimum atomic E-state index is -0.536. The molecule has 2 aromatic carbocycles. The Balaban J connectivity index is 2.63. The molecule has 0 aromatic heterocycles. The Kier molecular flexibility index (Phi) is 4.67. The third-order valence-corrected chi connectivity index (χ3v) is 2.91. The number of ether oxygens (including phenoxy) is 2. The summed E-state index contributed by atoms with van der Waals surface area (Å²) in [5.41, 5.74) is 1.53. The van der Waals surface area contributed by atoms with Crippen molar-refractivity contribution in [2.45, 2.75) is 13.8 Å². The molecule has 0 saturated heterocycles. The van der Waals surface area contributed by atoms with E-state index in [9.17, 15) is 14.7 Å². The zero-order valence-electron chi connectivity index (χ0n) is 12.6. The highest BCUT2D eigenvalue weighted by molar-refractivity contribution is 5.83. The molecule has 0 aliphatic heterocycles. The minimum Gasteiger partial charge on any atom is -0.508 e. The minimum absolute atomic E-state index is 0.0562. The Morgan fingerprint density at radius 2 is 1.48 bits per heavy atom. The maximum atomic E-state index is 11.3. The van der Waals surface area contributed by atoms with Crippen molar-refractivity contribution in [3.63, 3.8) is 0 Å². The number of terminal acetylenes is 1. The summed E-state index contributed by atoms with van der Waals surface area (Å²) >= 11 is 0. The first kappa shape index (κ1) is 16.1. The van der Waals surface area contributed by atoms with E-state index in [-0.39, 0.29) is 17.2 Å². The maximum Gasteiger partial charge on any atom is 0.308 e. The maximum absolute atomic E-state index is 11.3. The van der Waals surface area contributed by atoms with Crippen LogP contribution in [0.5, 0.6) is 17.2 Å². The van der Waals surface area contributed by atoms with Gasteiger partial charge in [-0.2, -0.15) is 0 Å². The summed E-state index contributed by atoms with van der Waals surface area (Å²) in [6, 6.07) is 9.19. The van der Waals surface area contributed by atoms with E-state index < -0.39 is 11.9 Å². The zero-order chi connectivity index (χ0) is 17.0. The summed E-state index contributed by atoms with van der Waals surface area (Å²) in [4.78, 5) is 22.6. The van der Waals surface area contributed by atoms with Crippen molar-refractivity contribution in [1.29, 1.82) is 0 Å². The van der Waals surface area contributed by atoms with Gasteiger partial charge in [-0.15, -0.1) is 6.42 Å². The molecular weight excluding hydrogens is 296 g/mol. The monoisotopic (exact) mass is 310 g/mol. The van der Waals surface area contributed by atoms with Crippen molar-refractivity contribution < 1.29 is 24.2 Å². The molecule has 2 aromatic rings. The number of carbonyl (C=O) groups excluding carboxylic acids is 2. The first-order chi connectivity index (χ1) is 10.9. The zero-order valence-corrected chi connectivity index (χ0v) is 12.6. The summed E-state index contributed by atoms with van der Waals surface area (Å²) in [5.74, 6) is 1.75. The molecule has 0 heterocycles. The van der Waals surface area contributed by atoms with Gasteiger partial charge in [-0.3, -0.25) is 9.59 Å². The fourth-order valence-electron chi connectivity index (χ4n) is 2.05. The SMILES string of the molecule is C#Cc1ccc(-c2ccc(O)cc2OC(C)=O)c(OC(C)=O)c1. The standard InChI is InChI=1S/C18H14O5/c1-4-13-5-7-15(17(9-13)22-11(2)19)16-8-6-14(21)10-18(16)23-12(3)20/h1,5-10,21H,2-3H3. The van der Waals surface area contributed by atoms with E-state index in [4.69, 9.17) is 15.9 Å². The molecular formula is C18H14O5. The Morgan fingerprint density at radius 3 is 2.00 bits per heavy atom.